The van der Waals surface area contributed by atoms with Crippen LogP contribution in [0.15, 0.2) is 48.5 Å². The summed E-state index contributed by atoms with van der Waals surface area (Å²) in [6.45, 7) is 0.303. The molecule has 7 heteroatoms. The Morgan fingerprint density at radius 1 is 0.964 bits per heavy atom. The number of carbonyl (C=O) groups excluding carboxylic acids is 2. The van der Waals surface area contributed by atoms with E-state index in [0.717, 1.165) is 22.3 Å². The predicted octanol–water partition coefficient (Wildman–Crippen LogP) is 1.73. The molecule has 0 aliphatic heterocycles. The molecule has 1 aliphatic carbocycles. The fourth-order valence-electron chi connectivity index (χ4n) is 3.38. The van der Waals surface area contributed by atoms with Gasteiger partial charge in [-0.3, -0.25) is 4.79 Å². The second-order valence-electron chi connectivity index (χ2n) is 6.65. The lowest BCUT2D eigenvalue weighted by Gasteiger charge is -2.14. The van der Waals surface area contributed by atoms with Crippen LogP contribution in [0.25, 0.3) is 11.1 Å². The number of fused-ring (bicyclic) bond motifs is 3. The van der Waals surface area contributed by atoms with Gasteiger partial charge in [0.25, 0.3) is 0 Å². The highest BCUT2D eigenvalue weighted by Gasteiger charge is 2.28. The number of alkyl carbamates (subject to hydrolysis) is 1. The number of amides is 2. The summed E-state index contributed by atoms with van der Waals surface area (Å²) in [4.78, 5) is 23.6. The number of aliphatic hydroxyl groups is 2. The van der Waals surface area contributed by atoms with Crippen molar-refractivity contribution in [3.63, 3.8) is 0 Å². The molecule has 0 saturated carbocycles. The molecule has 0 radical (unpaired) electrons. The minimum absolute atomic E-state index is 0.0307. The van der Waals surface area contributed by atoms with E-state index >= 15 is 0 Å². The Labute approximate surface area is 163 Å². The number of aliphatic hydroxyl groups excluding tert-OH is 1. The summed E-state index contributed by atoms with van der Waals surface area (Å²) in [5, 5.41) is 22.5. The molecule has 0 heterocycles. The molecule has 0 atom stereocenters. The molecular formula is C21H24N2O5. The fraction of sp³-hybridized carbons (Fsp3) is 0.333. The first-order valence-corrected chi connectivity index (χ1v) is 9.28. The summed E-state index contributed by atoms with van der Waals surface area (Å²) in [6.07, 6.45) is -1.41. The van der Waals surface area contributed by atoms with Gasteiger partial charge in [-0.25, -0.2) is 4.79 Å². The predicted molar refractivity (Wildman–Crippen MR) is 104 cm³/mol. The molecule has 3 rings (SSSR count). The van der Waals surface area contributed by atoms with Gasteiger partial charge in [0.15, 0.2) is 6.29 Å². The van der Waals surface area contributed by atoms with Gasteiger partial charge in [0, 0.05) is 12.5 Å². The Hall–Kier alpha value is -2.90. The standard InChI is InChI=1S/C21H24N2O5/c24-19(22-11-5-10-20(25)26)12-23-21(27)28-13-18-16-8-3-1-6-14(16)15-7-2-4-9-17(15)18/h1-4,6-9,18,20,25-26H,5,10-13H2,(H,22,24)(H,23,27). The lowest BCUT2D eigenvalue weighted by atomic mass is 9.98. The van der Waals surface area contributed by atoms with Crippen molar-refractivity contribution in [3.8, 4) is 11.1 Å². The smallest absolute Gasteiger partial charge is 0.407 e. The van der Waals surface area contributed by atoms with Gasteiger partial charge >= 0.3 is 6.09 Å². The molecular weight excluding hydrogens is 360 g/mol. The van der Waals surface area contributed by atoms with Crippen molar-refractivity contribution < 1.29 is 24.5 Å². The zero-order chi connectivity index (χ0) is 19.9. The van der Waals surface area contributed by atoms with Crippen LogP contribution in [0.3, 0.4) is 0 Å². The van der Waals surface area contributed by atoms with Gasteiger partial charge in [0.1, 0.15) is 6.61 Å². The fourth-order valence-corrected chi connectivity index (χ4v) is 3.38. The van der Waals surface area contributed by atoms with Crippen molar-refractivity contribution >= 4 is 12.0 Å². The normalized spacial score (nSPS) is 12.4. The molecule has 2 aromatic carbocycles. The average Bonchev–Trinajstić information content (AvgIpc) is 3.02. The number of rotatable bonds is 8. The highest BCUT2D eigenvalue weighted by Crippen LogP contribution is 2.44. The van der Waals surface area contributed by atoms with Gasteiger partial charge in [-0.2, -0.15) is 0 Å². The van der Waals surface area contributed by atoms with Crippen LogP contribution < -0.4 is 10.6 Å². The van der Waals surface area contributed by atoms with Crippen molar-refractivity contribution in [3.05, 3.63) is 59.7 Å². The van der Waals surface area contributed by atoms with Crippen LogP contribution in [-0.4, -0.2) is 48.2 Å². The molecule has 4 N–H and O–H groups in total. The van der Waals surface area contributed by atoms with Gasteiger partial charge < -0.3 is 25.6 Å². The Balaban J connectivity index is 1.47. The van der Waals surface area contributed by atoms with Crippen molar-refractivity contribution in [2.75, 3.05) is 19.7 Å². The number of benzene rings is 2. The topological polar surface area (TPSA) is 108 Å². The molecule has 0 aromatic heterocycles. The first-order chi connectivity index (χ1) is 13.6. The van der Waals surface area contributed by atoms with Crippen molar-refractivity contribution in [1.82, 2.24) is 10.6 Å². The monoisotopic (exact) mass is 384 g/mol. The summed E-state index contributed by atoms with van der Waals surface area (Å²) < 4.78 is 5.35. The number of hydrogen-bond donors (Lipinski definition) is 4. The number of hydrogen-bond acceptors (Lipinski definition) is 5. The molecule has 0 bridgehead atoms. The van der Waals surface area contributed by atoms with E-state index in [1.807, 2.05) is 36.4 Å². The van der Waals surface area contributed by atoms with Crippen molar-refractivity contribution in [1.29, 1.82) is 0 Å². The molecule has 0 saturated heterocycles. The van der Waals surface area contributed by atoms with Crippen LogP contribution >= 0.6 is 0 Å². The Morgan fingerprint density at radius 3 is 2.18 bits per heavy atom. The highest BCUT2D eigenvalue weighted by atomic mass is 16.5. The first-order valence-electron chi connectivity index (χ1n) is 9.28. The molecule has 2 aromatic rings. The summed E-state index contributed by atoms with van der Waals surface area (Å²) in [5.74, 6) is -0.391. The van der Waals surface area contributed by atoms with Crippen molar-refractivity contribution in [2.45, 2.75) is 25.0 Å². The van der Waals surface area contributed by atoms with Crippen LogP contribution in [0.2, 0.25) is 0 Å². The Bertz CT molecular complexity index is 792. The number of ether oxygens (including phenoxy) is 1. The summed E-state index contributed by atoms with van der Waals surface area (Å²) in [7, 11) is 0. The Kier molecular flexibility index (Phi) is 6.62. The second-order valence-corrected chi connectivity index (χ2v) is 6.65. The Morgan fingerprint density at radius 2 is 1.57 bits per heavy atom. The second kappa shape index (κ2) is 9.34. The summed E-state index contributed by atoms with van der Waals surface area (Å²) >= 11 is 0. The molecule has 0 unspecified atom stereocenters. The largest absolute Gasteiger partial charge is 0.449 e. The minimum Gasteiger partial charge on any atom is -0.449 e. The average molecular weight is 384 g/mol. The van der Waals surface area contributed by atoms with Crippen LogP contribution in [0, 0.1) is 0 Å². The lowest BCUT2D eigenvalue weighted by molar-refractivity contribution is -0.120. The van der Waals surface area contributed by atoms with Gasteiger partial charge in [-0.15, -0.1) is 0 Å². The van der Waals surface area contributed by atoms with Crippen LogP contribution in [0.1, 0.15) is 29.9 Å². The maximum Gasteiger partial charge on any atom is 0.407 e. The van der Waals surface area contributed by atoms with E-state index in [-0.39, 0.29) is 31.4 Å². The maximum absolute atomic E-state index is 12.0. The van der Waals surface area contributed by atoms with Gasteiger partial charge in [-0.05, 0) is 35.1 Å². The van der Waals surface area contributed by atoms with E-state index in [0.29, 0.717) is 13.0 Å². The maximum atomic E-state index is 12.0. The summed E-state index contributed by atoms with van der Waals surface area (Å²) in [6, 6.07) is 16.1. The van der Waals surface area contributed by atoms with Crippen LogP contribution in [0.5, 0.6) is 0 Å². The van der Waals surface area contributed by atoms with Gasteiger partial charge in [0.2, 0.25) is 5.91 Å². The van der Waals surface area contributed by atoms with E-state index in [1.54, 1.807) is 0 Å². The molecule has 0 fully saturated rings. The number of nitrogens with one attached hydrogen (secondary N) is 2. The lowest BCUT2D eigenvalue weighted by Crippen LogP contribution is -2.38. The third-order valence-electron chi connectivity index (χ3n) is 4.70. The minimum atomic E-state index is -1.38. The molecule has 7 nitrogen and oxygen atoms in total. The SMILES string of the molecule is O=C(CNC(=O)OCC1c2ccccc2-c2ccccc21)NCCCC(O)O. The summed E-state index contributed by atoms with van der Waals surface area (Å²) in [5.41, 5.74) is 4.56. The molecule has 2 amide bonds. The van der Waals surface area contributed by atoms with E-state index in [4.69, 9.17) is 14.9 Å². The zero-order valence-corrected chi connectivity index (χ0v) is 15.4. The molecule has 1 aliphatic rings. The van der Waals surface area contributed by atoms with Crippen LogP contribution in [-0.2, 0) is 9.53 Å². The van der Waals surface area contributed by atoms with Gasteiger partial charge in [0.05, 0.1) is 6.54 Å². The molecule has 28 heavy (non-hydrogen) atoms. The number of carbonyl (C=O) groups is 2. The van der Waals surface area contributed by atoms with Gasteiger partial charge in [-0.1, -0.05) is 48.5 Å². The van der Waals surface area contributed by atoms with E-state index in [1.165, 1.54) is 0 Å². The third-order valence-corrected chi connectivity index (χ3v) is 4.70. The van der Waals surface area contributed by atoms with Crippen LogP contribution in [0.4, 0.5) is 4.79 Å². The quantitative estimate of drug-likeness (QED) is 0.410. The van der Waals surface area contributed by atoms with E-state index in [9.17, 15) is 9.59 Å². The highest BCUT2D eigenvalue weighted by molar-refractivity contribution is 5.82. The molecule has 0 spiro atoms. The third kappa shape index (κ3) is 4.88. The van der Waals surface area contributed by atoms with E-state index in [2.05, 4.69) is 22.8 Å². The zero-order valence-electron chi connectivity index (χ0n) is 15.4. The molecule has 148 valence electrons. The van der Waals surface area contributed by atoms with E-state index < -0.39 is 12.4 Å². The first kappa shape index (κ1) is 19.9. The van der Waals surface area contributed by atoms with Crippen molar-refractivity contribution in [2.24, 2.45) is 0 Å².